The highest BCUT2D eigenvalue weighted by molar-refractivity contribution is 5.96. The van der Waals surface area contributed by atoms with E-state index in [0.717, 1.165) is 16.5 Å². The van der Waals surface area contributed by atoms with Crippen LogP contribution in [0, 0.1) is 0 Å². The molecule has 0 radical (unpaired) electrons. The second-order valence-electron chi connectivity index (χ2n) is 4.49. The summed E-state index contributed by atoms with van der Waals surface area (Å²) in [7, 11) is 0. The first kappa shape index (κ1) is 12.3. The van der Waals surface area contributed by atoms with Gasteiger partial charge in [-0.3, -0.25) is 0 Å². The zero-order valence-corrected chi connectivity index (χ0v) is 10.7. The van der Waals surface area contributed by atoms with Crippen molar-refractivity contribution >= 4 is 16.9 Å². The number of hydrogen-bond acceptors (Lipinski definition) is 2. The summed E-state index contributed by atoms with van der Waals surface area (Å²) in [5.41, 5.74) is 1.95. The summed E-state index contributed by atoms with van der Waals surface area (Å²) in [4.78, 5) is 14.3. The first-order chi connectivity index (χ1) is 9.74. The predicted octanol–water partition coefficient (Wildman–Crippen LogP) is 3.45. The number of carboxylic acid groups (broad SMARTS) is 1. The lowest BCUT2D eigenvalue weighted by Gasteiger charge is -2.09. The van der Waals surface area contributed by atoms with Crippen molar-refractivity contribution in [2.45, 2.75) is 6.61 Å². The zero-order chi connectivity index (χ0) is 13.9. The topological polar surface area (TPSA) is 62.3 Å². The lowest BCUT2D eigenvalue weighted by atomic mass is 10.1. The standard InChI is InChI=1S/C16H13NO3/c18-16(19)13-9-14-12(6-7-17-14)8-15(13)20-10-11-4-2-1-3-5-11/h1-9,17H,10H2,(H,18,19). The molecule has 0 spiro atoms. The number of aromatic nitrogens is 1. The summed E-state index contributed by atoms with van der Waals surface area (Å²) in [5.74, 6) is -0.613. The maximum Gasteiger partial charge on any atom is 0.339 e. The quantitative estimate of drug-likeness (QED) is 0.761. The Kier molecular flexibility index (Phi) is 3.13. The Hall–Kier alpha value is -2.75. The van der Waals surface area contributed by atoms with Gasteiger partial charge in [-0.25, -0.2) is 4.79 Å². The van der Waals surface area contributed by atoms with Crippen LogP contribution in [0.25, 0.3) is 10.9 Å². The van der Waals surface area contributed by atoms with E-state index in [1.807, 2.05) is 36.4 Å². The molecule has 0 saturated heterocycles. The summed E-state index contributed by atoms with van der Waals surface area (Å²) in [5, 5.41) is 10.2. The van der Waals surface area contributed by atoms with Crippen LogP contribution in [0.5, 0.6) is 5.75 Å². The third kappa shape index (κ3) is 2.36. The molecule has 3 rings (SSSR count). The smallest absolute Gasteiger partial charge is 0.339 e. The van der Waals surface area contributed by atoms with Crippen molar-refractivity contribution in [3.05, 3.63) is 65.9 Å². The maximum atomic E-state index is 11.3. The number of nitrogens with one attached hydrogen (secondary N) is 1. The average Bonchev–Trinajstić information content (AvgIpc) is 2.92. The van der Waals surface area contributed by atoms with Crippen LogP contribution < -0.4 is 4.74 Å². The molecule has 0 bridgehead atoms. The van der Waals surface area contributed by atoms with Crippen molar-refractivity contribution in [2.24, 2.45) is 0 Å². The number of carbonyl (C=O) groups is 1. The molecule has 0 unspecified atom stereocenters. The molecule has 4 nitrogen and oxygen atoms in total. The Morgan fingerprint density at radius 1 is 1.15 bits per heavy atom. The van der Waals surface area contributed by atoms with Crippen molar-refractivity contribution in [3.63, 3.8) is 0 Å². The molecule has 1 aromatic heterocycles. The van der Waals surface area contributed by atoms with Crippen LogP contribution in [0.2, 0.25) is 0 Å². The molecule has 20 heavy (non-hydrogen) atoms. The van der Waals surface area contributed by atoms with Gasteiger partial charge in [-0.1, -0.05) is 30.3 Å². The molecule has 2 N–H and O–H groups in total. The molecular weight excluding hydrogens is 254 g/mol. The number of fused-ring (bicyclic) bond motifs is 1. The van der Waals surface area contributed by atoms with Gasteiger partial charge in [-0.15, -0.1) is 0 Å². The number of carboxylic acids is 1. The summed E-state index contributed by atoms with van der Waals surface area (Å²) in [6, 6.07) is 14.9. The maximum absolute atomic E-state index is 11.3. The van der Waals surface area contributed by atoms with Crippen LogP contribution in [0.4, 0.5) is 0 Å². The SMILES string of the molecule is O=C(O)c1cc2[nH]ccc2cc1OCc1ccccc1. The molecule has 2 aromatic carbocycles. The van der Waals surface area contributed by atoms with Gasteiger partial charge in [0.2, 0.25) is 0 Å². The van der Waals surface area contributed by atoms with Crippen molar-refractivity contribution in [3.8, 4) is 5.75 Å². The molecule has 100 valence electrons. The molecule has 0 atom stereocenters. The highest BCUT2D eigenvalue weighted by Gasteiger charge is 2.13. The number of ether oxygens (including phenoxy) is 1. The monoisotopic (exact) mass is 267 g/mol. The third-order valence-corrected chi connectivity index (χ3v) is 3.12. The van der Waals surface area contributed by atoms with Gasteiger partial charge in [0, 0.05) is 17.1 Å². The number of rotatable bonds is 4. The highest BCUT2D eigenvalue weighted by Crippen LogP contribution is 2.26. The first-order valence-corrected chi connectivity index (χ1v) is 6.25. The number of aromatic amines is 1. The van der Waals surface area contributed by atoms with Crippen molar-refractivity contribution in [1.29, 1.82) is 0 Å². The minimum Gasteiger partial charge on any atom is -0.488 e. The normalized spacial score (nSPS) is 10.6. The molecule has 0 aliphatic heterocycles. The van der Waals surface area contributed by atoms with Crippen molar-refractivity contribution in [1.82, 2.24) is 4.98 Å². The molecule has 0 amide bonds. The van der Waals surface area contributed by atoms with Gasteiger partial charge >= 0.3 is 5.97 Å². The Bertz CT molecular complexity index is 747. The van der Waals surface area contributed by atoms with Crippen LogP contribution in [-0.2, 0) is 6.61 Å². The fourth-order valence-electron chi connectivity index (χ4n) is 2.10. The van der Waals surface area contributed by atoms with E-state index < -0.39 is 5.97 Å². The third-order valence-electron chi connectivity index (χ3n) is 3.12. The Morgan fingerprint density at radius 3 is 2.70 bits per heavy atom. The largest absolute Gasteiger partial charge is 0.488 e. The van der Waals surface area contributed by atoms with E-state index in [4.69, 9.17) is 4.74 Å². The molecule has 0 saturated carbocycles. The second kappa shape index (κ2) is 5.09. The second-order valence-corrected chi connectivity index (χ2v) is 4.49. The van der Waals surface area contributed by atoms with Gasteiger partial charge in [0.05, 0.1) is 0 Å². The van der Waals surface area contributed by atoms with E-state index in [1.54, 1.807) is 18.3 Å². The van der Waals surface area contributed by atoms with Gasteiger partial charge < -0.3 is 14.8 Å². The Balaban J connectivity index is 1.92. The fourth-order valence-corrected chi connectivity index (χ4v) is 2.10. The molecule has 1 heterocycles. The van der Waals surface area contributed by atoms with Crippen LogP contribution in [0.15, 0.2) is 54.7 Å². The number of hydrogen-bond donors (Lipinski definition) is 2. The van der Waals surface area contributed by atoms with Gasteiger partial charge in [0.25, 0.3) is 0 Å². The van der Waals surface area contributed by atoms with Crippen LogP contribution in [-0.4, -0.2) is 16.1 Å². The van der Waals surface area contributed by atoms with Crippen LogP contribution in [0.1, 0.15) is 15.9 Å². The average molecular weight is 267 g/mol. The molecular formula is C16H13NO3. The van der Waals surface area contributed by atoms with E-state index in [9.17, 15) is 9.90 Å². The number of benzene rings is 2. The van der Waals surface area contributed by atoms with E-state index in [2.05, 4.69) is 4.98 Å². The Morgan fingerprint density at radius 2 is 1.95 bits per heavy atom. The lowest BCUT2D eigenvalue weighted by Crippen LogP contribution is -2.03. The zero-order valence-electron chi connectivity index (χ0n) is 10.7. The number of H-pyrrole nitrogens is 1. The highest BCUT2D eigenvalue weighted by atomic mass is 16.5. The van der Waals surface area contributed by atoms with E-state index in [-0.39, 0.29) is 5.56 Å². The molecule has 0 aliphatic rings. The summed E-state index contributed by atoms with van der Waals surface area (Å²) in [6.45, 7) is 0.344. The van der Waals surface area contributed by atoms with E-state index in [1.165, 1.54) is 0 Å². The summed E-state index contributed by atoms with van der Waals surface area (Å²) >= 11 is 0. The Labute approximate surface area is 115 Å². The van der Waals surface area contributed by atoms with E-state index >= 15 is 0 Å². The van der Waals surface area contributed by atoms with E-state index in [0.29, 0.717) is 12.4 Å². The summed E-state index contributed by atoms with van der Waals surface area (Å²) < 4.78 is 5.67. The van der Waals surface area contributed by atoms with Gasteiger partial charge in [0.15, 0.2) is 0 Å². The predicted molar refractivity (Wildman–Crippen MR) is 76.0 cm³/mol. The van der Waals surface area contributed by atoms with Crippen molar-refractivity contribution in [2.75, 3.05) is 0 Å². The van der Waals surface area contributed by atoms with Gasteiger partial charge in [-0.2, -0.15) is 0 Å². The van der Waals surface area contributed by atoms with Crippen LogP contribution in [0.3, 0.4) is 0 Å². The number of aromatic carboxylic acids is 1. The van der Waals surface area contributed by atoms with Crippen molar-refractivity contribution < 1.29 is 14.6 Å². The minimum absolute atomic E-state index is 0.163. The molecule has 4 heteroatoms. The molecule has 0 fully saturated rings. The summed E-state index contributed by atoms with van der Waals surface area (Å²) in [6.07, 6.45) is 1.78. The van der Waals surface area contributed by atoms with Crippen LogP contribution >= 0.6 is 0 Å². The first-order valence-electron chi connectivity index (χ1n) is 6.25. The molecule has 0 aliphatic carbocycles. The van der Waals surface area contributed by atoms with Gasteiger partial charge in [-0.05, 0) is 23.8 Å². The lowest BCUT2D eigenvalue weighted by molar-refractivity contribution is 0.0692. The molecule has 3 aromatic rings. The fraction of sp³-hybridized carbons (Fsp3) is 0.0625. The van der Waals surface area contributed by atoms with Gasteiger partial charge in [0.1, 0.15) is 17.9 Å². The minimum atomic E-state index is -0.996.